The van der Waals surface area contributed by atoms with Crippen molar-refractivity contribution in [3.63, 3.8) is 0 Å². The maximum Gasteiger partial charge on any atom is 0.308 e. The molecule has 1 amide bonds. The van der Waals surface area contributed by atoms with Crippen molar-refractivity contribution < 1.29 is 19.1 Å². The predicted octanol–water partition coefficient (Wildman–Crippen LogP) is -0.0826. The third kappa shape index (κ3) is 4.18. The summed E-state index contributed by atoms with van der Waals surface area (Å²) in [5.74, 6) is -0.205. The summed E-state index contributed by atoms with van der Waals surface area (Å²) in [6.07, 6.45) is 2.24. The van der Waals surface area contributed by atoms with Crippen molar-refractivity contribution in [3.8, 4) is 0 Å². The van der Waals surface area contributed by atoms with E-state index in [1.165, 1.54) is 7.11 Å². The third-order valence-corrected chi connectivity index (χ3v) is 3.64. The van der Waals surface area contributed by atoms with Crippen LogP contribution in [0.4, 0.5) is 0 Å². The van der Waals surface area contributed by atoms with Crippen molar-refractivity contribution in [2.75, 3.05) is 26.8 Å². The molecule has 0 radical (unpaired) electrons. The van der Waals surface area contributed by atoms with Crippen molar-refractivity contribution in [2.24, 2.45) is 0 Å². The van der Waals surface area contributed by atoms with Gasteiger partial charge < -0.3 is 14.8 Å². The lowest BCUT2D eigenvalue weighted by Gasteiger charge is -2.35. The first-order valence-corrected chi connectivity index (χ1v) is 6.83. The van der Waals surface area contributed by atoms with E-state index in [0.717, 1.165) is 19.4 Å². The topological polar surface area (TPSA) is 67.9 Å². The number of carbonyl (C=O) groups excluding carboxylic acids is 2. The van der Waals surface area contributed by atoms with Gasteiger partial charge in [-0.05, 0) is 19.8 Å². The largest absolute Gasteiger partial charge is 0.469 e. The van der Waals surface area contributed by atoms with E-state index in [1.807, 2.05) is 6.92 Å². The van der Waals surface area contributed by atoms with E-state index < -0.39 is 0 Å². The maximum atomic E-state index is 12.0. The van der Waals surface area contributed by atoms with Gasteiger partial charge in [0.05, 0.1) is 32.3 Å². The molecule has 0 aromatic heterocycles. The second-order valence-electron chi connectivity index (χ2n) is 5.23. The molecule has 1 N–H and O–H groups in total. The zero-order chi connectivity index (χ0) is 13.8. The number of methoxy groups -OCH3 is 1. The van der Waals surface area contributed by atoms with Crippen LogP contribution in [0, 0.1) is 0 Å². The van der Waals surface area contributed by atoms with Crippen LogP contribution in [0.15, 0.2) is 0 Å². The van der Waals surface area contributed by atoms with Gasteiger partial charge in [-0.1, -0.05) is 0 Å². The van der Waals surface area contributed by atoms with Crippen molar-refractivity contribution in [1.82, 2.24) is 10.2 Å². The van der Waals surface area contributed by atoms with Crippen molar-refractivity contribution in [2.45, 2.75) is 44.4 Å². The van der Waals surface area contributed by atoms with E-state index in [-0.39, 0.29) is 30.4 Å². The van der Waals surface area contributed by atoms with E-state index in [4.69, 9.17) is 4.74 Å². The first-order chi connectivity index (χ1) is 9.10. The van der Waals surface area contributed by atoms with E-state index in [2.05, 4.69) is 15.0 Å². The SMILES string of the molecule is COC(=O)CC1CN(C(C)C(=O)NC2CC2)CCO1. The molecule has 2 fully saturated rings. The Morgan fingerprint density at radius 1 is 1.47 bits per heavy atom. The number of amides is 1. The normalized spacial score (nSPS) is 25.7. The maximum absolute atomic E-state index is 12.0. The highest BCUT2D eigenvalue weighted by atomic mass is 16.5. The summed E-state index contributed by atoms with van der Waals surface area (Å²) in [5.41, 5.74) is 0. The van der Waals surface area contributed by atoms with Gasteiger partial charge in [0.2, 0.25) is 5.91 Å². The molecule has 2 aliphatic rings. The van der Waals surface area contributed by atoms with Crippen LogP contribution in [-0.4, -0.2) is 61.8 Å². The number of carbonyl (C=O) groups is 2. The number of nitrogens with one attached hydrogen (secondary N) is 1. The molecule has 108 valence electrons. The molecular formula is C13H22N2O4. The minimum atomic E-state index is -0.276. The summed E-state index contributed by atoms with van der Waals surface area (Å²) in [7, 11) is 1.37. The molecule has 2 unspecified atom stereocenters. The number of hydrogen-bond donors (Lipinski definition) is 1. The van der Waals surface area contributed by atoms with Crippen molar-refractivity contribution in [3.05, 3.63) is 0 Å². The van der Waals surface area contributed by atoms with Gasteiger partial charge in [0, 0.05) is 19.1 Å². The fraction of sp³-hybridized carbons (Fsp3) is 0.846. The Hall–Kier alpha value is -1.14. The van der Waals surface area contributed by atoms with Gasteiger partial charge in [-0.3, -0.25) is 14.5 Å². The van der Waals surface area contributed by atoms with Gasteiger partial charge in [-0.15, -0.1) is 0 Å². The Balaban J connectivity index is 1.81. The molecule has 1 aliphatic carbocycles. The molecule has 2 rings (SSSR count). The van der Waals surface area contributed by atoms with E-state index in [1.54, 1.807) is 0 Å². The molecular weight excluding hydrogens is 248 g/mol. The number of nitrogens with zero attached hydrogens (tertiary/aromatic N) is 1. The molecule has 1 saturated carbocycles. The van der Waals surface area contributed by atoms with Crippen LogP contribution in [-0.2, 0) is 19.1 Å². The summed E-state index contributed by atoms with van der Waals surface area (Å²) in [6, 6.07) is 0.200. The quantitative estimate of drug-likeness (QED) is 0.708. The van der Waals surface area contributed by atoms with Crippen LogP contribution < -0.4 is 5.32 Å². The number of hydrogen-bond acceptors (Lipinski definition) is 5. The van der Waals surface area contributed by atoms with Gasteiger partial charge in [-0.25, -0.2) is 0 Å². The summed E-state index contributed by atoms with van der Waals surface area (Å²) >= 11 is 0. The fourth-order valence-corrected chi connectivity index (χ4v) is 2.20. The Morgan fingerprint density at radius 2 is 2.21 bits per heavy atom. The second-order valence-corrected chi connectivity index (χ2v) is 5.23. The molecule has 0 bridgehead atoms. The van der Waals surface area contributed by atoms with Crippen LogP contribution in [0.1, 0.15) is 26.2 Å². The van der Waals surface area contributed by atoms with Crippen LogP contribution in [0.2, 0.25) is 0 Å². The van der Waals surface area contributed by atoms with Gasteiger partial charge in [0.25, 0.3) is 0 Å². The molecule has 0 aromatic carbocycles. The zero-order valence-electron chi connectivity index (χ0n) is 11.6. The third-order valence-electron chi connectivity index (χ3n) is 3.64. The van der Waals surface area contributed by atoms with Crippen LogP contribution in [0.25, 0.3) is 0 Å². The number of esters is 1. The van der Waals surface area contributed by atoms with Crippen molar-refractivity contribution in [1.29, 1.82) is 0 Å². The zero-order valence-corrected chi connectivity index (χ0v) is 11.6. The standard InChI is InChI=1S/C13H22N2O4/c1-9(13(17)14-10-3-4-10)15-5-6-19-11(8-15)7-12(16)18-2/h9-11H,3-8H2,1-2H3,(H,14,17). The molecule has 6 heteroatoms. The van der Waals surface area contributed by atoms with Gasteiger partial charge in [-0.2, -0.15) is 0 Å². The molecule has 0 spiro atoms. The Kier molecular flexibility index (Phi) is 4.76. The second kappa shape index (κ2) is 6.34. The molecule has 1 aliphatic heterocycles. The smallest absolute Gasteiger partial charge is 0.308 e. The summed E-state index contributed by atoms with van der Waals surface area (Å²) < 4.78 is 10.2. The molecule has 1 heterocycles. The molecule has 19 heavy (non-hydrogen) atoms. The summed E-state index contributed by atoms with van der Waals surface area (Å²) in [5, 5.41) is 3.00. The average molecular weight is 270 g/mol. The van der Waals surface area contributed by atoms with E-state index in [0.29, 0.717) is 19.2 Å². The highest BCUT2D eigenvalue weighted by molar-refractivity contribution is 5.81. The van der Waals surface area contributed by atoms with Gasteiger partial charge in [0.1, 0.15) is 0 Å². The molecule has 2 atom stereocenters. The first kappa shape index (κ1) is 14.3. The number of rotatable bonds is 5. The van der Waals surface area contributed by atoms with Crippen LogP contribution in [0.5, 0.6) is 0 Å². The fourth-order valence-electron chi connectivity index (χ4n) is 2.20. The van der Waals surface area contributed by atoms with Gasteiger partial charge in [0.15, 0.2) is 0 Å². The van der Waals surface area contributed by atoms with Gasteiger partial charge >= 0.3 is 5.97 Å². The highest BCUT2D eigenvalue weighted by Gasteiger charge is 2.31. The minimum absolute atomic E-state index is 0.0706. The predicted molar refractivity (Wildman–Crippen MR) is 68.6 cm³/mol. The number of morpholine rings is 1. The average Bonchev–Trinajstić information content (AvgIpc) is 3.21. The van der Waals surface area contributed by atoms with E-state index >= 15 is 0 Å². The lowest BCUT2D eigenvalue weighted by molar-refractivity contribution is -0.146. The summed E-state index contributed by atoms with van der Waals surface area (Å²) in [6.45, 7) is 3.76. The molecule has 6 nitrogen and oxygen atoms in total. The minimum Gasteiger partial charge on any atom is -0.469 e. The lowest BCUT2D eigenvalue weighted by Crippen LogP contribution is -2.52. The number of ether oxygens (including phenoxy) is 2. The van der Waals surface area contributed by atoms with Crippen LogP contribution >= 0.6 is 0 Å². The Bertz CT molecular complexity index is 344. The lowest BCUT2D eigenvalue weighted by atomic mass is 10.1. The Morgan fingerprint density at radius 3 is 2.84 bits per heavy atom. The van der Waals surface area contributed by atoms with E-state index in [9.17, 15) is 9.59 Å². The summed E-state index contributed by atoms with van der Waals surface area (Å²) in [4.78, 5) is 25.3. The highest BCUT2D eigenvalue weighted by Crippen LogP contribution is 2.19. The van der Waals surface area contributed by atoms with Crippen molar-refractivity contribution >= 4 is 11.9 Å². The molecule has 0 aromatic rings. The first-order valence-electron chi connectivity index (χ1n) is 6.83. The monoisotopic (exact) mass is 270 g/mol. The van der Waals surface area contributed by atoms with Crippen LogP contribution in [0.3, 0.4) is 0 Å². The Labute approximate surface area is 113 Å². The molecule has 1 saturated heterocycles.